The van der Waals surface area contributed by atoms with Crippen molar-refractivity contribution in [2.45, 2.75) is 6.10 Å². The molecular weight excluding hydrogens is 175 g/mol. The maximum Gasteiger partial charge on any atom is 0.164 e. The Hall–Kier alpha value is -1.29. The van der Waals surface area contributed by atoms with Crippen LogP contribution in [0.1, 0.15) is 0 Å². The van der Waals surface area contributed by atoms with Gasteiger partial charge in [-0.25, -0.2) is 4.39 Å². The monoisotopic (exact) mass is 184 g/mol. The van der Waals surface area contributed by atoms with Gasteiger partial charge in [0.1, 0.15) is 12.4 Å². The molecule has 0 aliphatic carbocycles. The molecule has 1 atom stereocenters. The number of hydrogen-bond donors (Lipinski definition) is 1. The van der Waals surface area contributed by atoms with Crippen LogP contribution in [0, 0.1) is 5.82 Å². The minimum absolute atomic E-state index is 0.129. The lowest BCUT2D eigenvalue weighted by molar-refractivity contribution is 0.0452. The SMILES string of the molecule is OC[C@@H]1COc2ccc(F)cc2O1. The fraction of sp³-hybridized carbons (Fsp3) is 0.333. The number of aliphatic hydroxyl groups excluding tert-OH is 1. The maximum absolute atomic E-state index is 12.7. The Morgan fingerprint density at radius 3 is 3.08 bits per heavy atom. The summed E-state index contributed by atoms with van der Waals surface area (Å²) in [6.45, 7) is 0.172. The highest BCUT2D eigenvalue weighted by atomic mass is 19.1. The highest BCUT2D eigenvalue weighted by Gasteiger charge is 2.20. The lowest BCUT2D eigenvalue weighted by Crippen LogP contribution is -2.32. The lowest BCUT2D eigenvalue weighted by Gasteiger charge is -2.24. The highest BCUT2D eigenvalue weighted by molar-refractivity contribution is 5.41. The molecule has 70 valence electrons. The number of hydrogen-bond acceptors (Lipinski definition) is 3. The van der Waals surface area contributed by atoms with Crippen LogP contribution in [0.3, 0.4) is 0 Å². The fourth-order valence-electron chi connectivity index (χ4n) is 1.18. The van der Waals surface area contributed by atoms with Gasteiger partial charge in [0.25, 0.3) is 0 Å². The molecule has 0 fully saturated rings. The summed E-state index contributed by atoms with van der Waals surface area (Å²) in [4.78, 5) is 0. The Morgan fingerprint density at radius 2 is 2.31 bits per heavy atom. The van der Waals surface area contributed by atoms with Crippen LogP contribution in [0.5, 0.6) is 11.5 Å². The third kappa shape index (κ3) is 1.58. The molecule has 0 saturated heterocycles. The van der Waals surface area contributed by atoms with E-state index in [1.165, 1.54) is 18.2 Å². The number of halogens is 1. The van der Waals surface area contributed by atoms with E-state index in [9.17, 15) is 4.39 Å². The van der Waals surface area contributed by atoms with Crippen LogP contribution < -0.4 is 9.47 Å². The van der Waals surface area contributed by atoms with Crippen LogP contribution >= 0.6 is 0 Å². The van der Waals surface area contributed by atoms with Crippen molar-refractivity contribution < 1.29 is 19.0 Å². The van der Waals surface area contributed by atoms with Crippen LogP contribution in [0.15, 0.2) is 18.2 Å². The first kappa shape index (κ1) is 8.31. The molecule has 1 aliphatic heterocycles. The van der Waals surface area contributed by atoms with Gasteiger partial charge in [0.2, 0.25) is 0 Å². The molecule has 1 heterocycles. The topological polar surface area (TPSA) is 38.7 Å². The largest absolute Gasteiger partial charge is 0.486 e. The number of benzene rings is 1. The van der Waals surface area contributed by atoms with Crippen molar-refractivity contribution in [2.75, 3.05) is 13.2 Å². The summed E-state index contributed by atoms with van der Waals surface area (Å²) in [5.41, 5.74) is 0. The molecule has 0 spiro atoms. The molecule has 0 radical (unpaired) electrons. The molecule has 0 unspecified atom stereocenters. The predicted octanol–water partition coefficient (Wildman–Crippen LogP) is 0.958. The van der Waals surface area contributed by atoms with E-state index in [1.807, 2.05) is 0 Å². The second-order valence-electron chi connectivity index (χ2n) is 2.82. The van der Waals surface area contributed by atoms with E-state index in [4.69, 9.17) is 14.6 Å². The summed E-state index contributed by atoms with van der Waals surface area (Å²) in [6, 6.07) is 4.07. The van der Waals surface area contributed by atoms with Gasteiger partial charge in [0.15, 0.2) is 17.6 Å². The van der Waals surface area contributed by atoms with Crippen LogP contribution in [-0.4, -0.2) is 24.4 Å². The average Bonchev–Trinajstić information content (AvgIpc) is 2.16. The maximum atomic E-state index is 12.7. The zero-order valence-electron chi connectivity index (χ0n) is 6.87. The molecule has 4 heteroatoms. The van der Waals surface area contributed by atoms with Gasteiger partial charge >= 0.3 is 0 Å². The molecule has 1 aromatic rings. The smallest absolute Gasteiger partial charge is 0.164 e. The van der Waals surface area contributed by atoms with Gasteiger partial charge in [0, 0.05) is 6.07 Å². The third-order valence-electron chi connectivity index (χ3n) is 1.83. The van der Waals surface area contributed by atoms with Crippen LogP contribution in [-0.2, 0) is 0 Å². The summed E-state index contributed by atoms with van der Waals surface area (Å²) in [6.07, 6.45) is -0.394. The van der Waals surface area contributed by atoms with E-state index in [0.29, 0.717) is 18.1 Å². The molecule has 13 heavy (non-hydrogen) atoms. The minimum atomic E-state index is -0.394. The Bertz CT molecular complexity index is 314. The van der Waals surface area contributed by atoms with E-state index in [1.54, 1.807) is 0 Å². The molecule has 0 amide bonds. The number of aliphatic hydroxyl groups is 1. The van der Waals surface area contributed by atoms with E-state index in [2.05, 4.69) is 0 Å². The van der Waals surface area contributed by atoms with Crippen molar-refractivity contribution in [1.29, 1.82) is 0 Å². The van der Waals surface area contributed by atoms with Crippen molar-refractivity contribution in [2.24, 2.45) is 0 Å². The standard InChI is InChI=1S/C9H9FO3/c10-6-1-2-8-9(3-6)13-7(4-11)5-12-8/h1-3,7,11H,4-5H2/t7-/m1/s1. The summed E-state index contributed by atoms with van der Waals surface area (Å²) in [5.74, 6) is 0.498. The molecular formula is C9H9FO3. The average molecular weight is 184 g/mol. The summed E-state index contributed by atoms with van der Waals surface area (Å²) in [5, 5.41) is 8.79. The van der Waals surface area contributed by atoms with Gasteiger partial charge < -0.3 is 14.6 Å². The van der Waals surface area contributed by atoms with Crippen molar-refractivity contribution in [1.82, 2.24) is 0 Å². The molecule has 0 bridgehead atoms. The molecule has 2 rings (SSSR count). The number of rotatable bonds is 1. The van der Waals surface area contributed by atoms with Gasteiger partial charge in [-0.05, 0) is 12.1 Å². The second-order valence-corrected chi connectivity index (χ2v) is 2.82. The molecule has 1 aliphatic rings. The molecule has 0 aromatic heterocycles. The minimum Gasteiger partial charge on any atom is -0.486 e. The van der Waals surface area contributed by atoms with Gasteiger partial charge in [-0.15, -0.1) is 0 Å². The van der Waals surface area contributed by atoms with Crippen LogP contribution in [0.2, 0.25) is 0 Å². The van der Waals surface area contributed by atoms with Gasteiger partial charge in [-0.1, -0.05) is 0 Å². The summed E-state index contributed by atoms with van der Waals surface area (Å²) >= 11 is 0. The van der Waals surface area contributed by atoms with Gasteiger partial charge in [-0.3, -0.25) is 0 Å². The quantitative estimate of drug-likeness (QED) is 0.706. The molecule has 3 nitrogen and oxygen atoms in total. The zero-order chi connectivity index (χ0) is 9.26. The number of ether oxygens (including phenoxy) is 2. The van der Waals surface area contributed by atoms with Crippen LogP contribution in [0.25, 0.3) is 0 Å². The van der Waals surface area contributed by atoms with Crippen molar-refractivity contribution >= 4 is 0 Å². The molecule has 0 saturated carbocycles. The first-order valence-corrected chi connectivity index (χ1v) is 3.99. The zero-order valence-corrected chi connectivity index (χ0v) is 6.87. The summed E-state index contributed by atoms with van der Waals surface area (Å²) < 4.78 is 23.2. The Labute approximate surface area is 74.7 Å². The van der Waals surface area contributed by atoms with E-state index in [-0.39, 0.29) is 12.4 Å². The number of fused-ring (bicyclic) bond motifs is 1. The van der Waals surface area contributed by atoms with E-state index >= 15 is 0 Å². The fourth-order valence-corrected chi connectivity index (χ4v) is 1.18. The molecule has 1 aromatic carbocycles. The van der Waals surface area contributed by atoms with Crippen molar-refractivity contribution in [3.8, 4) is 11.5 Å². The van der Waals surface area contributed by atoms with E-state index in [0.717, 1.165) is 0 Å². The Kier molecular flexibility index (Phi) is 2.06. The second kappa shape index (κ2) is 3.22. The Balaban J connectivity index is 2.27. The Morgan fingerprint density at radius 1 is 1.46 bits per heavy atom. The van der Waals surface area contributed by atoms with E-state index < -0.39 is 6.10 Å². The summed E-state index contributed by atoms with van der Waals surface area (Å²) in [7, 11) is 0. The molecule has 1 N–H and O–H groups in total. The van der Waals surface area contributed by atoms with Crippen LogP contribution in [0.4, 0.5) is 4.39 Å². The van der Waals surface area contributed by atoms with Gasteiger partial charge in [-0.2, -0.15) is 0 Å². The normalized spacial score (nSPS) is 20.0. The first-order chi connectivity index (χ1) is 6.29. The van der Waals surface area contributed by atoms with Gasteiger partial charge in [0.05, 0.1) is 6.61 Å². The highest BCUT2D eigenvalue weighted by Crippen LogP contribution is 2.31. The first-order valence-electron chi connectivity index (χ1n) is 3.99. The van der Waals surface area contributed by atoms with Crippen molar-refractivity contribution in [3.05, 3.63) is 24.0 Å². The predicted molar refractivity (Wildman–Crippen MR) is 43.4 cm³/mol. The van der Waals surface area contributed by atoms with Crippen molar-refractivity contribution in [3.63, 3.8) is 0 Å². The lowest BCUT2D eigenvalue weighted by atomic mass is 10.2. The third-order valence-corrected chi connectivity index (χ3v) is 1.83.